The van der Waals surface area contributed by atoms with Crippen LogP contribution in [-0.2, 0) is 19.7 Å². The van der Waals surface area contributed by atoms with E-state index in [9.17, 15) is 21.2 Å². The molecule has 0 bridgehead atoms. The molecular weight excluding hydrogens is 822 g/mol. The van der Waals surface area contributed by atoms with Crippen molar-refractivity contribution in [3.63, 3.8) is 0 Å². The summed E-state index contributed by atoms with van der Waals surface area (Å²) in [6, 6.07) is 25.3. The maximum absolute atomic E-state index is 14.2. The fourth-order valence-corrected chi connectivity index (χ4v) is 13.4. The van der Waals surface area contributed by atoms with Crippen LogP contribution < -0.4 is 24.2 Å². The van der Waals surface area contributed by atoms with Crippen molar-refractivity contribution in [2.75, 3.05) is 67.6 Å². The van der Waals surface area contributed by atoms with Gasteiger partial charge in [0.05, 0.1) is 46.9 Å². The first-order chi connectivity index (χ1) is 29.6. The van der Waals surface area contributed by atoms with Crippen LogP contribution in [0.15, 0.2) is 94.7 Å². The van der Waals surface area contributed by atoms with Crippen molar-refractivity contribution in [3.8, 4) is 11.5 Å². The third-order valence-electron chi connectivity index (χ3n) is 12.6. The molecule has 0 radical (unpaired) electrons. The zero-order chi connectivity index (χ0) is 45.1. The lowest BCUT2D eigenvalue weighted by molar-refractivity contribution is 0.270. The molecule has 0 aliphatic carbocycles. The lowest BCUT2D eigenvalue weighted by Gasteiger charge is -2.37. The van der Waals surface area contributed by atoms with E-state index >= 15 is 0 Å². The van der Waals surface area contributed by atoms with Crippen molar-refractivity contribution in [2.45, 2.75) is 115 Å². The zero-order valence-electron chi connectivity index (χ0n) is 38.4. The van der Waals surface area contributed by atoms with Gasteiger partial charge in [0.2, 0.25) is 0 Å². The largest absolute Gasteiger partial charge is 0.497 e. The Labute approximate surface area is 373 Å². The summed E-state index contributed by atoms with van der Waals surface area (Å²) in [4.78, 5) is 6.90. The molecule has 0 aromatic heterocycles. The van der Waals surface area contributed by atoms with Crippen molar-refractivity contribution in [1.29, 1.82) is 0 Å². The van der Waals surface area contributed by atoms with E-state index in [1.165, 1.54) is 18.2 Å². The third-order valence-corrected chi connectivity index (χ3v) is 16.6. The number of hydrogen-bond donors (Lipinski definition) is 0. The highest BCUT2D eigenvalue weighted by Gasteiger charge is 2.43. The van der Waals surface area contributed by atoms with Gasteiger partial charge in [-0.05, 0) is 111 Å². The molecule has 2 aliphatic rings. The summed E-state index contributed by atoms with van der Waals surface area (Å²) in [6.07, 6.45) is 11.7. The number of unbranched alkanes of at least 4 members (excludes halogenated alkanes) is 4. The number of benzene rings is 4. The average molecular weight is 894 g/mol. The van der Waals surface area contributed by atoms with Crippen LogP contribution >= 0.6 is 0 Å². The third kappa shape index (κ3) is 11.6. The second kappa shape index (κ2) is 21.4. The summed E-state index contributed by atoms with van der Waals surface area (Å²) in [7, 11) is 0.258. The zero-order valence-corrected chi connectivity index (χ0v) is 40.0. The summed E-state index contributed by atoms with van der Waals surface area (Å²) >= 11 is 0. The Morgan fingerprint density at radius 3 is 1.31 bits per heavy atom. The van der Waals surface area contributed by atoms with Gasteiger partial charge in [-0.15, -0.1) is 0 Å². The van der Waals surface area contributed by atoms with Gasteiger partial charge in [0.1, 0.15) is 17.3 Å². The standard InChI is InChI=1S/C26H38N2O3S.C24H32FNO3S.H2/c1-6-8-16-26(17-9-7-2)19-28(21-10-13-23(31-5)14-11-21)24-18-22(27(3)4)12-15-25(24)32(29,30)20-26;1-4-6-14-24(15-7-5-2)17-26(20-9-11-21(29-3)12-10-20)22-16-19(25)8-13-23(22)30(27,28)18-24;/h10-15,18H,6-9,16-17,19-20H2,1-5H3;8-13,16H,4-7,14-15,17-18H2,1-3H3;1H. The Morgan fingerprint density at radius 2 is 0.952 bits per heavy atom. The Kier molecular flexibility index (Phi) is 16.8. The van der Waals surface area contributed by atoms with Crippen molar-refractivity contribution < 1.29 is 32.1 Å². The molecular formula is C50H72FN3O6S2. The highest BCUT2D eigenvalue weighted by atomic mass is 32.2. The average Bonchev–Trinajstić information content (AvgIpc) is 3.43. The number of hydrogen-bond acceptors (Lipinski definition) is 9. The molecule has 0 amide bonds. The molecule has 0 atom stereocenters. The number of fused-ring (bicyclic) bond motifs is 2. The molecule has 0 saturated heterocycles. The van der Waals surface area contributed by atoms with Gasteiger partial charge in [-0.25, -0.2) is 21.2 Å². The number of ether oxygens (including phenoxy) is 2. The van der Waals surface area contributed by atoms with E-state index in [-0.39, 0.29) is 28.7 Å². The Bertz CT molecular complexity index is 2270. The molecule has 2 heterocycles. The number of halogens is 1. The van der Waals surface area contributed by atoms with Crippen molar-refractivity contribution in [3.05, 3.63) is 90.7 Å². The number of methoxy groups -OCH3 is 2. The molecule has 0 unspecified atom stereocenters. The Morgan fingerprint density at radius 1 is 0.581 bits per heavy atom. The lowest BCUT2D eigenvalue weighted by Crippen LogP contribution is -2.38. The van der Waals surface area contributed by atoms with Crippen LogP contribution in [0.1, 0.15) is 106 Å². The smallest absolute Gasteiger partial charge is 0.181 e. The summed E-state index contributed by atoms with van der Waals surface area (Å²) in [5.74, 6) is 1.40. The minimum Gasteiger partial charge on any atom is -0.497 e. The monoisotopic (exact) mass is 893 g/mol. The molecule has 0 saturated carbocycles. The van der Waals surface area contributed by atoms with Crippen LogP contribution in [0, 0.1) is 16.6 Å². The van der Waals surface area contributed by atoms with Gasteiger partial charge in [-0.2, -0.15) is 0 Å². The Hall–Kier alpha value is -4.29. The molecule has 0 fully saturated rings. The molecule has 62 heavy (non-hydrogen) atoms. The van der Waals surface area contributed by atoms with Crippen LogP contribution in [-0.4, -0.2) is 69.7 Å². The summed E-state index contributed by atoms with van der Waals surface area (Å²) in [6.45, 7) is 9.86. The van der Waals surface area contributed by atoms with Crippen molar-refractivity contribution in [1.82, 2.24) is 0 Å². The first kappa shape index (κ1) is 48.7. The van der Waals surface area contributed by atoms with E-state index in [4.69, 9.17) is 9.47 Å². The molecule has 4 aromatic rings. The molecule has 12 heteroatoms. The van der Waals surface area contributed by atoms with E-state index < -0.39 is 25.5 Å². The second-order valence-electron chi connectivity index (χ2n) is 17.7. The fourth-order valence-electron chi connectivity index (χ4n) is 9.16. The maximum atomic E-state index is 14.2. The SMILES string of the molecule is CCCCC1(CCCC)CN(c2ccc(OC)cc2)c2cc(F)ccc2S(=O)(=O)C1.CCCCC1(CCCC)CN(c2ccc(OC)cc2)c2cc(N(C)C)ccc2S(=O)(=O)C1.[HH]. The van der Waals surface area contributed by atoms with Crippen LogP contribution in [0.25, 0.3) is 0 Å². The van der Waals surface area contributed by atoms with Crippen molar-refractivity contribution in [2.24, 2.45) is 10.8 Å². The minimum atomic E-state index is -3.55. The van der Waals surface area contributed by atoms with Gasteiger partial charge < -0.3 is 24.2 Å². The van der Waals surface area contributed by atoms with Crippen LogP contribution in [0.5, 0.6) is 11.5 Å². The normalized spacial score (nSPS) is 17.0. The molecule has 2 aliphatic heterocycles. The molecule has 6 rings (SSSR count). The predicted molar refractivity (Wildman–Crippen MR) is 256 cm³/mol. The highest BCUT2D eigenvalue weighted by Crippen LogP contribution is 2.47. The number of sulfone groups is 2. The van der Waals surface area contributed by atoms with Gasteiger partial charge >= 0.3 is 0 Å². The van der Waals surface area contributed by atoms with E-state index in [1.807, 2.05) is 84.6 Å². The molecule has 0 N–H and O–H groups in total. The van der Waals surface area contributed by atoms with Gasteiger partial charge in [0.15, 0.2) is 19.7 Å². The summed E-state index contributed by atoms with van der Waals surface area (Å²) in [5, 5.41) is 0. The first-order valence-corrected chi connectivity index (χ1v) is 25.8. The predicted octanol–water partition coefficient (Wildman–Crippen LogP) is 12.4. The molecule has 0 spiro atoms. The summed E-state index contributed by atoms with van der Waals surface area (Å²) < 4.78 is 79.3. The Balaban J connectivity index is 0.000000273. The van der Waals surface area contributed by atoms with Crippen LogP contribution in [0.2, 0.25) is 0 Å². The topological polar surface area (TPSA) is 96.5 Å². The minimum absolute atomic E-state index is 0. The lowest BCUT2D eigenvalue weighted by atomic mass is 9.79. The number of rotatable bonds is 17. The van der Waals surface area contributed by atoms with Gasteiger partial charge in [-0.3, -0.25) is 0 Å². The van der Waals surface area contributed by atoms with E-state index in [0.29, 0.717) is 23.7 Å². The number of nitrogens with zero attached hydrogens (tertiary/aromatic N) is 3. The first-order valence-electron chi connectivity index (χ1n) is 22.5. The second-order valence-corrected chi connectivity index (χ2v) is 21.6. The van der Waals surface area contributed by atoms with Gasteiger partial charge in [0, 0.05) is 56.5 Å². The van der Waals surface area contributed by atoms with Crippen LogP contribution in [0.3, 0.4) is 0 Å². The van der Waals surface area contributed by atoms with Crippen molar-refractivity contribution >= 4 is 48.1 Å². The van der Waals surface area contributed by atoms with E-state index in [1.54, 1.807) is 20.3 Å². The molecule has 9 nitrogen and oxygen atoms in total. The quantitative estimate of drug-likeness (QED) is 0.0960. The highest BCUT2D eigenvalue weighted by molar-refractivity contribution is 7.92. The van der Waals surface area contributed by atoms with E-state index in [0.717, 1.165) is 111 Å². The molecule has 4 aromatic carbocycles. The van der Waals surface area contributed by atoms with Gasteiger partial charge in [-0.1, -0.05) is 79.1 Å². The fraction of sp³-hybridized carbons (Fsp3) is 0.520. The number of anilines is 5. The van der Waals surface area contributed by atoms with Crippen LogP contribution in [0.4, 0.5) is 32.8 Å². The maximum Gasteiger partial charge on any atom is 0.181 e. The molecule has 342 valence electrons. The van der Waals surface area contributed by atoms with Gasteiger partial charge in [0.25, 0.3) is 0 Å². The van der Waals surface area contributed by atoms with E-state index in [2.05, 4.69) is 32.6 Å². The summed E-state index contributed by atoms with van der Waals surface area (Å²) in [5.41, 5.74) is 3.38.